The lowest BCUT2D eigenvalue weighted by atomic mass is 10.0. The van der Waals surface area contributed by atoms with Crippen molar-refractivity contribution < 1.29 is 19.0 Å². The number of carboxylic acids is 1. The summed E-state index contributed by atoms with van der Waals surface area (Å²) in [6.45, 7) is 0.303. The number of carboxylic acid groups (broad SMARTS) is 1. The summed E-state index contributed by atoms with van der Waals surface area (Å²) in [5.74, 6) is -1.94. The summed E-state index contributed by atoms with van der Waals surface area (Å²) in [6, 6.07) is 2.68. The lowest BCUT2D eigenvalue weighted by Gasteiger charge is -2.17. The lowest BCUT2D eigenvalue weighted by molar-refractivity contribution is -0.139. The lowest BCUT2D eigenvalue weighted by Crippen LogP contribution is -2.10. The third-order valence-electron chi connectivity index (χ3n) is 3.30. The Hall–Kier alpha value is -1.29. The van der Waals surface area contributed by atoms with E-state index in [4.69, 9.17) is 21.4 Å². The molecule has 2 aliphatic rings. The standard InChI is InChI=1S/C11H8ClFO3/c12-5-1-2-6(13)9-7-4(3-16-10(5)9)8(7)11(14)15/h1-2,4,7-8H,3H2,(H,14,15)/t4-,7+,8?/m1/s1. The predicted octanol–water partition coefficient (Wildman–Crippen LogP) is 2.29. The normalized spacial score (nSPS) is 30.0. The molecule has 0 bridgehead atoms. The quantitative estimate of drug-likeness (QED) is 0.822. The molecular weight excluding hydrogens is 235 g/mol. The molecule has 1 aromatic rings. The van der Waals surface area contributed by atoms with Crippen molar-refractivity contribution in [1.29, 1.82) is 0 Å². The number of aliphatic carboxylic acids is 1. The summed E-state index contributed by atoms with van der Waals surface area (Å²) in [5, 5.41) is 9.30. The molecule has 1 aliphatic heterocycles. The van der Waals surface area contributed by atoms with Gasteiger partial charge in [0.2, 0.25) is 0 Å². The van der Waals surface area contributed by atoms with Crippen LogP contribution in [0.5, 0.6) is 5.75 Å². The van der Waals surface area contributed by atoms with E-state index in [1.54, 1.807) is 0 Å². The summed E-state index contributed by atoms with van der Waals surface area (Å²) in [4.78, 5) is 10.9. The van der Waals surface area contributed by atoms with Gasteiger partial charge in [-0.3, -0.25) is 4.79 Å². The molecule has 0 aromatic heterocycles. The van der Waals surface area contributed by atoms with Crippen LogP contribution in [0, 0.1) is 17.7 Å². The monoisotopic (exact) mass is 242 g/mol. The van der Waals surface area contributed by atoms with Crippen LogP contribution < -0.4 is 4.74 Å². The first-order chi connectivity index (χ1) is 7.61. The van der Waals surface area contributed by atoms with Crippen LogP contribution in [0.2, 0.25) is 5.02 Å². The van der Waals surface area contributed by atoms with E-state index in [9.17, 15) is 9.18 Å². The second kappa shape index (κ2) is 3.10. The van der Waals surface area contributed by atoms with E-state index in [-0.39, 0.29) is 11.8 Å². The minimum atomic E-state index is -0.897. The molecule has 0 saturated heterocycles. The van der Waals surface area contributed by atoms with Gasteiger partial charge in [0.1, 0.15) is 11.6 Å². The Balaban J connectivity index is 2.10. The molecule has 5 heteroatoms. The summed E-state index contributed by atoms with van der Waals surface area (Å²) < 4.78 is 19.0. The van der Waals surface area contributed by atoms with Gasteiger partial charge in [0, 0.05) is 17.4 Å². The molecule has 84 valence electrons. The van der Waals surface area contributed by atoms with Gasteiger partial charge in [-0.25, -0.2) is 4.39 Å². The van der Waals surface area contributed by atoms with Gasteiger partial charge in [-0.05, 0) is 12.1 Å². The van der Waals surface area contributed by atoms with Crippen LogP contribution in [0.1, 0.15) is 11.5 Å². The van der Waals surface area contributed by atoms with Gasteiger partial charge in [-0.15, -0.1) is 0 Å². The molecule has 3 rings (SSSR count). The zero-order valence-corrected chi connectivity index (χ0v) is 8.87. The van der Waals surface area contributed by atoms with E-state index in [1.165, 1.54) is 12.1 Å². The van der Waals surface area contributed by atoms with Crippen molar-refractivity contribution in [3.8, 4) is 5.75 Å². The number of carbonyl (C=O) groups is 1. The molecule has 0 spiro atoms. The summed E-state index contributed by atoms with van der Waals surface area (Å²) in [5.41, 5.74) is 0.330. The van der Waals surface area contributed by atoms with E-state index in [0.717, 1.165) is 0 Å². The van der Waals surface area contributed by atoms with Crippen LogP contribution in [0.4, 0.5) is 4.39 Å². The molecule has 0 radical (unpaired) electrons. The summed E-state index contributed by atoms with van der Waals surface area (Å²) in [6.07, 6.45) is 0. The number of hydrogen-bond acceptors (Lipinski definition) is 2. The van der Waals surface area contributed by atoms with Crippen molar-refractivity contribution in [2.75, 3.05) is 6.61 Å². The van der Waals surface area contributed by atoms with Gasteiger partial charge in [0.05, 0.1) is 17.5 Å². The highest BCUT2D eigenvalue weighted by atomic mass is 35.5. The fraction of sp³-hybridized carbons (Fsp3) is 0.364. The van der Waals surface area contributed by atoms with Crippen LogP contribution in [0.25, 0.3) is 0 Å². The van der Waals surface area contributed by atoms with E-state index < -0.39 is 17.7 Å². The van der Waals surface area contributed by atoms with Gasteiger partial charge in [0.15, 0.2) is 0 Å². The Morgan fingerprint density at radius 1 is 1.56 bits per heavy atom. The molecule has 1 fully saturated rings. The van der Waals surface area contributed by atoms with Crippen LogP contribution in [0.15, 0.2) is 12.1 Å². The van der Waals surface area contributed by atoms with E-state index in [2.05, 4.69) is 0 Å². The Kier molecular flexibility index (Phi) is 1.92. The predicted molar refractivity (Wildman–Crippen MR) is 54.3 cm³/mol. The third-order valence-corrected chi connectivity index (χ3v) is 3.60. The Labute approximate surface area is 95.8 Å². The molecule has 1 saturated carbocycles. The third kappa shape index (κ3) is 1.16. The molecule has 3 atom stereocenters. The highest BCUT2D eigenvalue weighted by Crippen LogP contribution is 2.60. The van der Waals surface area contributed by atoms with Gasteiger partial charge >= 0.3 is 5.97 Å². The fourth-order valence-corrected chi connectivity index (χ4v) is 2.72. The van der Waals surface area contributed by atoms with Crippen LogP contribution in [0.3, 0.4) is 0 Å². The number of ether oxygens (including phenoxy) is 1. The van der Waals surface area contributed by atoms with Crippen LogP contribution in [-0.4, -0.2) is 17.7 Å². The van der Waals surface area contributed by atoms with E-state index >= 15 is 0 Å². The van der Waals surface area contributed by atoms with Gasteiger partial charge < -0.3 is 9.84 Å². The maximum absolute atomic E-state index is 13.6. The Morgan fingerprint density at radius 2 is 2.31 bits per heavy atom. The molecule has 1 aromatic carbocycles. The van der Waals surface area contributed by atoms with Crippen LogP contribution >= 0.6 is 11.6 Å². The molecule has 1 heterocycles. The van der Waals surface area contributed by atoms with Gasteiger partial charge in [0.25, 0.3) is 0 Å². The second-order valence-electron chi connectivity index (χ2n) is 4.14. The smallest absolute Gasteiger partial charge is 0.307 e. The zero-order valence-electron chi connectivity index (χ0n) is 8.11. The Bertz CT molecular complexity index is 488. The Morgan fingerprint density at radius 3 is 3.00 bits per heavy atom. The second-order valence-corrected chi connectivity index (χ2v) is 4.54. The van der Waals surface area contributed by atoms with Crippen molar-refractivity contribution >= 4 is 17.6 Å². The number of hydrogen-bond donors (Lipinski definition) is 1. The van der Waals surface area contributed by atoms with Crippen molar-refractivity contribution in [3.05, 3.63) is 28.5 Å². The fourth-order valence-electron chi connectivity index (χ4n) is 2.50. The molecule has 0 amide bonds. The topological polar surface area (TPSA) is 46.5 Å². The first-order valence-corrected chi connectivity index (χ1v) is 5.32. The number of fused-ring (bicyclic) bond motifs is 3. The van der Waals surface area contributed by atoms with Gasteiger partial charge in [-0.2, -0.15) is 0 Å². The van der Waals surface area contributed by atoms with Crippen molar-refractivity contribution in [3.63, 3.8) is 0 Å². The SMILES string of the molecule is O=C(O)C1[C@H]2c3c(F)ccc(Cl)c3OC[C@@H]12. The zero-order chi connectivity index (χ0) is 11.4. The van der Waals surface area contributed by atoms with Crippen molar-refractivity contribution in [2.45, 2.75) is 5.92 Å². The van der Waals surface area contributed by atoms with Crippen molar-refractivity contribution in [2.24, 2.45) is 11.8 Å². The molecular formula is C11H8ClFO3. The largest absolute Gasteiger partial charge is 0.491 e. The van der Waals surface area contributed by atoms with Gasteiger partial charge in [-0.1, -0.05) is 11.6 Å². The highest BCUT2D eigenvalue weighted by Gasteiger charge is 2.60. The number of benzene rings is 1. The number of rotatable bonds is 1. The first-order valence-electron chi connectivity index (χ1n) is 4.94. The van der Waals surface area contributed by atoms with E-state index in [0.29, 0.717) is 22.9 Å². The minimum Gasteiger partial charge on any atom is -0.491 e. The van der Waals surface area contributed by atoms with E-state index in [1.807, 2.05) is 0 Å². The maximum Gasteiger partial charge on any atom is 0.307 e. The molecule has 1 unspecified atom stereocenters. The highest BCUT2D eigenvalue weighted by molar-refractivity contribution is 6.32. The molecule has 16 heavy (non-hydrogen) atoms. The van der Waals surface area contributed by atoms with Crippen LogP contribution in [-0.2, 0) is 4.79 Å². The first kappa shape index (κ1) is 9.90. The maximum atomic E-state index is 13.6. The average molecular weight is 243 g/mol. The summed E-state index contributed by atoms with van der Waals surface area (Å²) >= 11 is 5.89. The molecule has 1 N–H and O–H groups in total. The summed E-state index contributed by atoms with van der Waals surface area (Å²) in [7, 11) is 0. The molecule has 3 nitrogen and oxygen atoms in total. The minimum absolute atomic E-state index is 0.113. The number of halogens is 2. The average Bonchev–Trinajstić information content (AvgIpc) is 2.97. The molecule has 1 aliphatic carbocycles. The van der Waals surface area contributed by atoms with Crippen molar-refractivity contribution in [1.82, 2.24) is 0 Å².